The molecule has 92 valence electrons. The molecule has 0 atom stereocenters. The van der Waals surface area contributed by atoms with E-state index in [9.17, 15) is 8.42 Å². The lowest BCUT2D eigenvalue weighted by atomic mass is 10.4. The number of rotatable bonds is 4. The van der Waals surface area contributed by atoms with Gasteiger partial charge in [-0.05, 0) is 0 Å². The molecule has 0 aliphatic carbocycles. The third-order valence-electron chi connectivity index (χ3n) is 1.95. The number of nitrogens with zero attached hydrogens (tertiary/aromatic N) is 3. The van der Waals surface area contributed by atoms with E-state index in [1.807, 2.05) is 0 Å². The molecule has 0 bridgehead atoms. The van der Waals surface area contributed by atoms with Crippen LogP contribution in [0, 0.1) is 0 Å². The molecule has 0 unspecified atom stereocenters. The molecule has 0 spiro atoms. The minimum atomic E-state index is -3.54. The highest BCUT2D eigenvalue weighted by Gasteiger charge is 2.17. The van der Waals surface area contributed by atoms with Crippen molar-refractivity contribution in [3.05, 3.63) is 28.6 Å². The standard InChI is InChI=1S/C8H9ClN4O2S2/c1-13-5-6(2-11-13)3-12-17(14,15)7-4-10-8(9)16-7/h2,4-5,12H,3H2,1H3. The summed E-state index contributed by atoms with van der Waals surface area (Å²) in [6, 6.07) is 0. The summed E-state index contributed by atoms with van der Waals surface area (Å²) in [5.74, 6) is 0. The summed E-state index contributed by atoms with van der Waals surface area (Å²) in [6.45, 7) is 0.186. The number of aromatic nitrogens is 3. The zero-order valence-corrected chi connectivity index (χ0v) is 11.2. The molecule has 2 aromatic rings. The van der Waals surface area contributed by atoms with Crippen LogP contribution in [0.1, 0.15) is 5.56 Å². The zero-order valence-electron chi connectivity index (χ0n) is 8.79. The van der Waals surface area contributed by atoms with Crippen molar-refractivity contribution in [1.82, 2.24) is 19.5 Å². The van der Waals surface area contributed by atoms with Crippen LogP contribution in [0.5, 0.6) is 0 Å². The lowest BCUT2D eigenvalue weighted by Crippen LogP contribution is -2.22. The molecule has 0 amide bonds. The number of halogens is 1. The summed E-state index contributed by atoms with van der Waals surface area (Å²) >= 11 is 6.51. The molecule has 0 aliphatic heterocycles. The fourth-order valence-electron chi connectivity index (χ4n) is 1.18. The summed E-state index contributed by atoms with van der Waals surface area (Å²) in [7, 11) is -1.78. The van der Waals surface area contributed by atoms with Crippen LogP contribution in [-0.2, 0) is 23.6 Å². The van der Waals surface area contributed by atoms with E-state index in [0.717, 1.165) is 16.9 Å². The predicted molar refractivity (Wildman–Crippen MR) is 64.4 cm³/mol. The molecule has 6 nitrogen and oxygen atoms in total. The number of hydrogen-bond donors (Lipinski definition) is 1. The zero-order chi connectivity index (χ0) is 12.5. The van der Waals surface area contributed by atoms with Crippen molar-refractivity contribution in [1.29, 1.82) is 0 Å². The van der Waals surface area contributed by atoms with Gasteiger partial charge in [0.05, 0.1) is 12.4 Å². The van der Waals surface area contributed by atoms with Crippen LogP contribution >= 0.6 is 22.9 Å². The van der Waals surface area contributed by atoms with Gasteiger partial charge in [-0.3, -0.25) is 4.68 Å². The Labute approximate surface area is 107 Å². The molecule has 0 radical (unpaired) electrons. The van der Waals surface area contributed by atoms with Gasteiger partial charge in [-0.15, -0.1) is 0 Å². The van der Waals surface area contributed by atoms with Crippen LogP contribution in [0.15, 0.2) is 22.8 Å². The molecule has 9 heteroatoms. The van der Waals surface area contributed by atoms with E-state index in [4.69, 9.17) is 11.6 Å². The Morgan fingerprint density at radius 2 is 2.29 bits per heavy atom. The van der Waals surface area contributed by atoms with Crippen molar-refractivity contribution < 1.29 is 8.42 Å². The second kappa shape index (κ2) is 4.73. The van der Waals surface area contributed by atoms with Gasteiger partial charge >= 0.3 is 0 Å². The van der Waals surface area contributed by atoms with Crippen LogP contribution in [0.4, 0.5) is 0 Å². The van der Waals surface area contributed by atoms with E-state index in [1.54, 1.807) is 24.1 Å². The molecule has 0 fully saturated rings. The van der Waals surface area contributed by atoms with Crippen LogP contribution in [0.3, 0.4) is 0 Å². The highest BCUT2D eigenvalue weighted by atomic mass is 35.5. The highest BCUT2D eigenvalue weighted by Crippen LogP contribution is 2.22. The van der Waals surface area contributed by atoms with Crippen molar-refractivity contribution in [3.8, 4) is 0 Å². The quantitative estimate of drug-likeness (QED) is 0.912. The Bertz CT molecular complexity index is 619. The Balaban J connectivity index is 2.08. The van der Waals surface area contributed by atoms with Crippen molar-refractivity contribution in [3.63, 3.8) is 0 Å². The largest absolute Gasteiger partial charge is 0.275 e. The maximum absolute atomic E-state index is 11.8. The van der Waals surface area contributed by atoms with Gasteiger partial charge in [0.25, 0.3) is 10.0 Å². The van der Waals surface area contributed by atoms with Gasteiger partial charge < -0.3 is 0 Å². The molecule has 0 saturated heterocycles. The highest BCUT2D eigenvalue weighted by molar-refractivity contribution is 7.91. The summed E-state index contributed by atoms with van der Waals surface area (Å²) in [5, 5.41) is 3.95. The molecular weight excluding hydrogens is 284 g/mol. The first-order chi connectivity index (χ1) is 7.97. The molecular formula is C8H9ClN4O2S2. The van der Waals surface area contributed by atoms with Crippen molar-refractivity contribution >= 4 is 33.0 Å². The fourth-order valence-corrected chi connectivity index (χ4v) is 3.53. The lowest BCUT2D eigenvalue weighted by Gasteiger charge is -2.01. The average molecular weight is 293 g/mol. The molecule has 0 aliphatic rings. The first kappa shape index (κ1) is 12.5. The maximum atomic E-state index is 11.8. The Morgan fingerprint density at radius 3 is 2.82 bits per heavy atom. The normalized spacial score (nSPS) is 11.9. The second-order valence-corrected chi connectivity index (χ2v) is 6.89. The van der Waals surface area contributed by atoms with Crippen molar-refractivity contribution in [2.24, 2.45) is 7.05 Å². The number of hydrogen-bond acceptors (Lipinski definition) is 5. The van der Waals surface area contributed by atoms with Crippen molar-refractivity contribution in [2.45, 2.75) is 10.8 Å². The summed E-state index contributed by atoms with van der Waals surface area (Å²) < 4.78 is 28.0. The predicted octanol–water partition coefficient (Wildman–Crippen LogP) is 1.01. The minimum absolute atomic E-state index is 0.103. The summed E-state index contributed by atoms with van der Waals surface area (Å²) in [5.41, 5.74) is 0.784. The first-order valence-electron chi connectivity index (χ1n) is 4.56. The van der Waals surface area contributed by atoms with E-state index >= 15 is 0 Å². The van der Waals surface area contributed by atoms with Gasteiger partial charge in [-0.1, -0.05) is 22.9 Å². The number of sulfonamides is 1. The molecule has 2 heterocycles. The van der Waals surface area contributed by atoms with Crippen LogP contribution in [0.2, 0.25) is 4.47 Å². The number of aryl methyl sites for hydroxylation is 1. The van der Waals surface area contributed by atoms with E-state index in [0.29, 0.717) is 0 Å². The van der Waals surface area contributed by atoms with Gasteiger partial charge in [0.1, 0.15) is 0 Å². The summed E-state index contributed by atoms with van der Waals surface area (Å²) in [6.07, 6.45) is 4.57. The minimum Gasteiger partial charge on any atom is -0.275 e. The molecule has 0 saturated carbocycles. The lowest BCUT2D eigenvalue weighted by molar-refractivity contribution is 0.583. The van der Waals surface area contributed by atoms with Crippen molar-refractivity contribution in [2.75, 3.05) is 0 Å². The Morgan fingerprint density at radius 1 is 1.53 bits per heavy atom. The van der Waals surface area contributed by atoms with E-state index < -0.39 is 10.0 Å². The van der Waals surface area contributed by atoms with Crippen LogP contribution in [-0.4, -0.2) is 23.2 Å². The van der Waals surface area contributed by atoms with Gasteiger partial charge in [-0.25, -0.2) is 18.1 Å². The summed E-state index contributed by atoms with van der Waals surface area (Å²) in [4.78, 5) is 3.69. The van der Waals surface area contributed by atoms with E-state index in [-0.39, 0.29) is 15.2 Å². The van der Waals surface area contributed by atoms with Crippen LogP contribution in [0.25, 0.3) is 0 Å². The van der Waals surface area contributed by atoms with Gasteiger partial charge in [0.15, 0.2) is 8.68 Å². The second-order valence-electron chi connectivity index (χ2n) is 3.28. The molecule has 0 aromatic carbocycles. The average Bonchev–Trinajstić information content (AvgIpc) is 2.85. The number of thiazole rings is 1. The Hall–Kier alpha value is -0.960. The van der Waals surface area contributed by atoms with E-state index in [2.05, 4.69) is 14.8 Å². The van der Waals surface area contributed by atoms with Gasteiger partial charge in [0, 0.05) is 25.4 Å². The molecule has 17 heavy (non-hydrogen) atoms. The first-order valence-corrected chi connectivity index (χ1v) is 7.23. The molecule has 2 aromatic heterocycles. The third-order valence-corrected chi connectivity index (χ3v) is 4.92. The molecule has 1 N–H and O–H groups in total. The SMILES string of the molecule is Cn1cc(CNS(=O)(=O)c2cnc(Cl)s2)cn1. The smallest absolute Gasteiger partial charge is 0.252 e. The number of nitrogens with one attached hydrogen (secondary N) is 1. The monoisotopic (exact) mass is 292 g/mol. The molecule has 2 rings (SSSR count). The fraction of sp³-hybridized carbons (Fsp3) is 0.250. The topological polar surface area (TPSA) is 76.9 Å². The Kier molecular flexibility index (Phi) is 3.48. The van der Waals surface area contributed by atoms with E-state index in [1.165, 1.54) is 6.20 Å². The van der Waals surface area contributed by atoms with Gasteiger partial charge in [-0.2, -0.15) is 5.10 Å². The van der Waals surface area contributed by atoms with Crippen LogP contribution < -0.4 is 4.72 Å². The maximum Gasteiger partial charge on any atom is 0.252 e. The third kappa shape index (κ3) is 3.03. The van der Waals surface area contributed by atoms with Gasteiger partial charge in [0.2, 0.25) is 0 Å².